The molecule has 0 saturated heterocycles. The SMILES string of the molecule is CC(C)OCCNC(=O)c1cccc([N+](=O)[O-])c1NN. The van der Waals surface area contributed by atoms with Crippen LogP contribution in [0, 0.1) is 10.1 Å². The van der Waals surface area contributed by atoms with Crippen LogP contribution in [0.3, 0.4) is 0 Å². The molecule has 1 aromatic carbocycles. The highest BCUT2D eigenvalue weighted by atomic mass is 16.6. The first-order valence-corrected chi connectivity index (χ1v) is 6.11. The van der Waals surface area contributed by atoms with E-state index in [-0.39, 0.29) is 23.0 Å². The number of carbonyl (C=O) groups is 1. The molecule has 0 radical (unpaired) electrons. The number of nitrogens with one attached hydrogen (secondary N) is 2. The summed E-state index contributed by atoms with van der Waals surface area (Å²) in [6.45, 7) is 4.45. The van der Waals surface area contributed by atoms with Gasteiger partial charge in [-0.15, -0.1) is 0 Å². The van der Waals surface area contributed by atoms with Crippen LogP contribution in [0.25, 0.3) is 0 Å². The van der Waals surface area contributed by atoms with Crippen LogP contribution in [0.5, 0.6) is 0 Å². The Hall–Kier alpha value is -2.19. The van der Waals surface area contributed by atoms with E-state index >= 15 is 0 Å². The third-order valence-electron chi connectivity index (χ3n) is 2.47. The molecule has 0 aliphatic heterocycles. The summed E-state index contributed by atoms with van der Waals surface area (Å²) < 4.78 is 5.28. The number of amides is 1. The average molecular weight is 282 g/mol. The number of hydrogen-bond acceptors (Lipinski definition) is 6. The summed E-state index contributed by atoms with van der Waals surface area (Å²) in [4.78, 5) is 22.2. The van der Waals surface area contributed by atoms with E-state index in [4.69, 9.17) is 10.6 Å². The van der Waals surface area contributed by atoms with Gasteiger partial charge in [0.25, 0.3) is 11.6 Å². The normalized spacial score (nSPS) is 10.4. The molecule has 1 aromatic rings. The Bertz CT molecular complexity index is 490. The maximum Gasteiger partial charge on any atom is 0.294 e. The number of hydrazine groups is 1. The molecule has 0 unspecified atom stereocenters. The Morgan fingerprint density at radius 2 is 2.20 bits per heavy atom. The van der Waals surface area contributed by atoms with Crippen molar-refractivity contribution in [3.63, 3.8) is 0 Å². The standard InChI is InChI=1S/C12H18N4O4/c1-8(2)20-7-6-14-12(17)9-4-3-5-10(16(18)19)11(9)15-13/h3-5,8,15H,6-7,13H2,1-2H3,(H,14,17). The molecule has 0 aliphatic carbocycles. The first-order chi connectivity index (χ1) is 9.47. The number of nitro benzene ring substituents is 1. The number of nitrogens with two attached hydrogens (primary N) is 1. The predicted molar refractivity (Wildman–Crippen MR) is 74.3 cm³/mol. The van der Waals surface area contributed by atoms with Crippen molar-refractivity contribution in [1.29, 1.82) is 0 Å². The van der Waals surface area contributed by atoms with Gasteiger partial charge in [0.15, 0.2) is 0 Å². The molecule has 0 aliphatic rings. The van der Waals surface area contributed by atoms with Crippen LogP contribution in [0.15, 0.2) is 18.2 Å². The molecule has 4 N–H and O–H groups in total. The molecular formula is C12H18N4O4. The lowest BCUT2D eigenvalue weighted by Crippen LogP contribution is -2.29. The summed E-state index contributed by atoms with van der Waals surface area (Å²) in [6.07, 6.45) is 0.0750. The summed E-state index contributed by atoms with van der Waals surface area (Å²) in [5, 5.41) is 13.5. The fourth-order valence-electron chi connectivity index (χ4n) is 1.59. The highest BCUT2D eigenvalue weighted by Crippen LogP contribution is 2.27. The van der Waals surface area contributed by atoms with E-state index in [2.05, 4.69) is 10.7 Å². The molecule has 0 spiro atoms. The van der Waals surface area contributed by atoms with E-state index < -0.39 is 10.8 Å². The van der Waals surface area contributed by atoms with Crippen molar-refractivity contribution in [2.75, 3.05) is 18.6 Å². The summed E-state index contributed by atoms with van der Waals surface area (Å²) in [7, 11) is 0. The van der Waals surface area contributed by atoms with Crippen molar-refractivity contribution in [1.82, 2.24) is 5.32 Å². The van der Waals surface area contributed by atoms with Crippen LogP contribution < -0.4 is 16.6 Å². The average Bonchev–Trinajstić information content (AvgIpc) is 2.42. The maximum atomic E-state index is 12.0. The Labute approximate surface area is 116 Å². The van der Waals surface area contributed by atoms with Crippen molar-refractivity contribution in [2.45, 2.75) is 20.0 Å². The number of nitro groups is 1. The zero-order valence-corrected chi connectivity index (χ0v) is 11.4. The minimum absolute atomic E-state index is 0.0141. The second-order valence-electron chi connectivity index (χ2n) is 4.28. The molecule has 8 heteroatoms. The number of hydrogen-bond donors (Lipinski definition) is 3. The molecule has 0 heterocycles. The van der Waals surface area contributed by atoms with Gasteiger partial charge in [-0.05, 0) is 19.9 Å². The molecular weight excluding hydrogens is 264 g/mol. The second kappa shape index (κ2) is 7.41. The summed E-state index contributed by atoms with van der Waals surface area (Å²) in [6, 6.07) is 4.16. The number of nitrogens with zero attached hydrogens (tertiary/aromatic N) is 1. The second-order valence-corrected chi connectivity index (χ2v) is 4.28. The van der Waals surface area contributed by atoms with Gasteiger partial charge in [0.2, 0.25) is 0 Å². The number of carbonyl (C=O) groups excluding carboxylic acids is 1. The molecule has 1 rings (SSSR count). The number of para-hydroxylation sites is 1. The number of ether oxygens (including phenoxy) is 1. The minimum atomic E-state index is -0.603. The Morgan fingerprint density at radius 3 is 2.75 bits per heavy atom. The van der Waals surface area contributed by atoms with E-state index in [9.17, 15) is 14.9 Å². The van der Waals surface area contributed by atoms with Gasteiger partial charge in [-0.2, -0.15) is 0 Å². The summed E-state index contributed by atoms with van der Waals surface area (Å²) in [5.74, 6) is 4.81. The zero-order chi connectivity index (χ0) is 15.1. The van der Waals surface area contributed by atoms with Crippen molar-refractivity contribution in [3.05, 3.63) is 33.9 Å². The maximum absolute atomic E-state index is 12.0. The van der Waals surface area contributed by atoms with Crippen LogP contribution in [0.2, 0.25) is 0 Å². The van der Waals surface area contributed by atoms with Crippen LogP contribution in [-0.4, -0.2) is 30.1 Å². The molecule has 0 atom stereocenters. The summed E-state index contributed by atoms with van der Waals surface area (Å²) in [5.41, 5.74) is 2.05. The van der Waals surface area contributed by atoms with Gasteiger partial charge in [0, 0.05) is 12.6 Å². The fourth-order valence-corrected chi connectivity index (χ4v) is 1.59. The lowest BCUT2D eigenvalue weighted by atomic mass is 10.1. The Balaban J connectivity index is 2.77. The highest BCUT2D eigenvalue weighted by Gasteiger charge is 2.20. The first kappa shape index (κ1) is 15.9. The molecule has 8 nitrogen and oxygen atoms in total. The first-order valence-electron chi connectivity index (χ1n) is 6.11. The van der Waals surface area contributed by atoms with Crippen LogP contribution >= 0.6 is 0 Å². The molecule has 0 fully saturated rings. The van der Waals surface area contributed by atoms with Gasteiger partial charge in [-0.1, -0.05) is 6.07 Å². The van der Waals surface area contributed by atoms with Crippen molar-refractivity contribution < 1.29 is 14.5 Å². The molecule has 110 valence electrons. The lowest BCUT2D eigenvalue weighted by Gasteiger charge is -2.11. The molecule has 0 aromatic heterocycles. The number of rotatable bonds is 7. The van der Waals surface area contributed by atoms with Gasteiger partial charge in [0.05, 0.1) is 23.2 Å². The quantitative estimate of drug-likeness (QED) is 0.297. The Kier molecular flexibility index (Phi) is 5.88. The summed E-state index contributed by atoms with van der Waals surface area (Å²) >= 11 is 0. The number of nitrogen functional groups attached to an aromatic ring is 1. The molecule has 0 saturated carbocycles. The third-order valence-corrected chi connectivity index (χ3v) is 2.47. The van der Waals surface area contributed by atoms with Gasteiger partial charge in [-0.25, -0.2) is 0 Å². The smallest absolute Gasteiger partial charge is 0.294 e. The van der Waals surface area contributed by atoms with Gasteiger partial charge in [-0.3, -0.25) is 20.8 Å². The molecule has 20 heavy (non-hydrogen) atoms. The minimum Gasteiger partial charge on any atom is -0.377 e. The highest BCUT2D eigenvalue weighted by molar-refractivity contribution is 6.01. The van der Waals surface area contributed by atoms with Crippen molar-refractivity contribution in [3.8, 4) is 0 Å². The largest absolute Gasteiger partial charge is 0.377 e. The van der Waals surface area contributed by atoms with E-state index in [1.54, 1.807) is 0 Å². The van der Waals surface area contributed by atoms with Gasteiger partial charge >= 0.3 is 0 Å². The van der Waals surface area contributed by atoms with Crippen molar-refractivity contribution >= 4 is 17.3 Å². The number of anilines is 1. The monoisotopic (exact) mass is 282 g/mol. The van der Waals surface area contributed by atoms with E-state index in [0.29, 0.717) is 13.2 Å². The van der Waals surface area contributed by atoms with Gasteiger partial charge in [0.1, 0.15) is 5.69 Å². The number of benzene rings is 1. The van der Waals surface area contributed by atoms with E-state index in [1.807, 2.05) is 13.8 Å². The lowest BCUT2D eigenvalue weighted by molar-refractivity contribution is -0.384. The van der Waals surface area contributed by atoms with E-state index in [0.717, 1.165) is 0 Å². The zero-order valence-electron chi connectivity index (χ0n) is 11.4. The van der Waals surface area contributed by atoms with E-state index in [1.165, 1.54) is 18.2 Å². The fraction of sp³-hybridized carbons (Fsp3) is 0.417. The topological polar surface area (TPSA) is 120 Å². The van der Waals surface area contributed by atoms with Crippen LogP contribution in [-0.2, 0) is 4.74 Å². The third kappa shape index (κ3) is 4.18. The Morgan fingerprint density at radius 1 is 1.50 bits per heavy atom. The molecule has 1 amide bonds. The van der Waals surface area contributed by atoms with Crippen molar-refractivity contribution in [2.24, 2.45) is 5.84 Å². The van der Waals surface area contributed by atoms with Gasteiger partial charge < -0.3 is 15.5 Å². The van der Waals surface area contributed by atoms with Crippen LogP contribution in [0.4, 0.5) is 11.4 Å². The predicted octanol–water partition coefficient (Wildman–Crippen LogP) is 1.04. The van der Waals surface area contributed by atoms with Crippen LogP contribution in [0.1, 0.15) is 24.2 Å². The molecule has 0 bridgehead atoms.